The molecule has 0 aromatic heterocycles. The number of hydrogen-bond donors (Lipinski definition) is 0. The van der Waals surface area contributed by atoms with E-state index in [1.165, 1.54) is 18.2 Å². The van der Waals surface area contributed by atoms with Crippen molar-refractivity contribution >= 4 is 33.4 Å². The summed E-state index contributed by atoms with van der Waals surface area (Å²) in [4.78, 5) is 0.0106. The van der Waals surface area contributed by atoms with Crippen LogP contribution < -0.4 is 8.92 Å². The van der Waals surface area contributed by atoms with Crippen molar-refractivity contribution < 1.29 is 17.3 Å². The number of ether oxygens (including phenoxy) is 1. The summed E-state index contributed by atoms with van der Waals surface area (Å²) in [5.74, 6) is 0.0711. The van der Waals surface area contributed by atoms with Gasteiger partial charge in [0.2, 0.25) is 5.75 Å². The highest BCUT2D eigenvalue weighted by atomic mass is 35.5. The van der Waals surface area contributed by atoms with Crippen LogP contribution in [0.15, 0.2) is 71.6 Å². The summed E-state index contributed by atoms with van der Waals surface area (Å²) in [6, 6.07) is 20.8. The Bertz CT molecular complexity index is 1250. The van der Waals surface area contributed by atoms with Gasteiger partial charge in [-0.3, -0.25) is 0 Å². The lowest BCUT2D eigenvalue weighted by Crippen LogP contribution is -2.11. The average molecular weight is 454 g/mol. The monoisotopic (exact) mass is 453 g/mol. The fourth-order valence-electron chi connectivity index (χ4n) is 2.84. The molecule has 0 fully saturated rings. The third-order valence-corrected chi connectivity index (χ3v) is 5.87. The number of aryl methyl sites for hydroxylation is 1. The molecule has 0 N–H and O–H groups in total. The maximum atomic E-state index is 12.7. The Balaban J connectivity index is 2.02. The largest absolute Gasteiger partial charge is 0.490 e. The molecule has 0 aliphatic carbocycles. The van der Waals surface area contributed by atoms with Crippen molar-refractivity contribution in [2.75, 3.05) is 6.61 Å². The van der Waals surface area contributed by atoms with Crippen LogP contribution in [0.25, 0.3) is 11.6 Å². The molecule has 3 rings (SSSR count). The predicted molar refractivity (Wildman–Crippen MR) is 122 cm³/mol. The lowest BCUT2D eigenvalue weighted by Gasteiger charge is -2.14. The second-order valence-corrected chi connectivity index (χ2v) is 8.60. The summed E-state index contributed by atoms with van der Waals surface area (Å²) in [5, 5.41) is 9.60. The van der Waals surface area contributed by atoms with E-state index in [1.54, 1.807) is 31.2 Å². The number of halogens is 1. The highest BCUT2D eigenvalue weighted by Gasteiger charge is 2.22. The zero-order chi connectivity index (χ0) is 22.4. The van der Waals surface area contributed by atoms with Crippen molar-refractivity contribution in [3.05, 3.63) is 88.4 Å². The first kappa shape index (κ1) is 22.4. The van der Waals surface area contributed by atoms with Crippen LogP contribution in [0.5, 0.6) is 11.5 Å². The van der Waals surface area contributed by atoms with E-state index in [2.05, 4.69) is 6.07 Å². The molecule has 31 heavy (non-hydrogen) atoms. The van der Waals surface area contributed by atoms with Crippen molar-refractivity contribution in [3.63, 3.8) is 0 Å². The SMILES string of the molecule is CCOc1cc(/C=C(\C#N)c2ccccc2)cc(Cl)c1OS(=O)(=O)c1ccc(C)cc1. The fourth-order valence-corrected chi connectivity index (χ4v) is 4.10. The molecule has 0 spiro atoms. The average Bonchev–Trinajstić information content (AvgIpc) is 2.75. The lowest BCUT2D eigenvalue weighted by atomic mass is 10.0. The Hall–Kier alpha value is -3.27. The van der Waals surface area contributed by atoms with Crippen molar-refractivity contribution in [2.24, 2.45) is 0 Å². The molecule has 0 radical (unpaired) electrons. The first-order valence-corrected chi connectivity index (χ1v) is 11.3. The van der Waals surface area contributed by atoms with Gasteiger partial charge in [-0.15, -0.1) is 0 Å². The smallest absolute Gasteiger partial charge is 0.339 e. The lowest BCUT2D eigenvalue weighted by molar-refractivity contribution is 0.327. The predicted octanol–water partition coefficient (Wildman–Crippen LogP) is 5.88. The van der Waals surface area contributed by atoms with Crippen LogP contribution in [-0.2, 0) is 10.1 Å². The van der Waals surface area contributed by atoms with Crippen molar-refractivity contribution in [1.82, 2.24) is 0 Å². The van der Waals surface area contributed by atoms with Crippen LogP contribution in [-0.4, -0.2) is 15.0 Å². The van der Waals surface area contributed by atoms with E-state index >= 15 is 0 Å². The van der Waals surface area contributed by atoms with Gasteiger partial charge in [-0.2, -0.15) is 13.7 Å². The summed E-state index contributed by atoms with van der Waals surface area (Å²) in [6.45, 7) is 3.89. The highest BCUT2D eigenvalue weighted by Crippen LogP contribution is 2.39. The molecule has 7 heteroatoms. The Morgan fingerprint density at radius 3 is 2.39 bits per heavy atom. The first-order valence-electron chi connectivity index (χ1n) is 9.48. The van der Waals surface area contributed by atoms with Crippen molar-refractivity contribution in [3.8, 4) is 17.6 Å². The van der Waals surface area contributed by atoms with E-state index in [0.717, 1.165) is 11.1 Å². The van der Waals surface area contributed by atoms with Gasteiger partial charge in [-0.1, -0.05) is 59.6 Å². The topological polar surface area (TPSA) is 76.4 Å². The zero-order valence-electron chi connectivity index (χ0n) is 17.0. The van der Waals surface area contributed by atoms with Crippen LogP contribution in [0, 0.1) is 18.3 Å². The van der Waals surface area contributed by atoms with E-state index in [1.807, 2.05) is 37.3 Å². The molecule has 3 aromatic rings. The van der Waals surface area contributed by atoms with Gasteiger partial charge in [-0.25, -0.2) is 0 Å². The second kappa shape index (κ2) is 9.69. The third-order valence-electron chi connectivity index (χ3n) is 4.35. The van der Waals surface area contributed by atoms with E-state index in [-0.39, 0.29) is 28.0 Å². The van der Waals surface area contributed by atoms with Gasteiger partial charge in [-0.05, 0) is 55.3 Å². The van der Waals surface area contributed by atoms with Crippen molar-refractivity contribution in [2.45, 2.75) is 18.7 Å². The minimum absolute atomic E-state index is 0.0106. The van der Waals surface area contributed by atoms with E-state index < -0.39 is 10.1 Å². The molecule has 0 aliphatic rings. The van der Waals surface area contributed by atoms with Crippen molar-refractivity contribution in [1.29, 1.82) is 5.26 Å². The fraction of sp³-hybridized carbons (Fsp3) is 0.125. The summed E-state index contributed by atoms with van der Waals surface area (Å²) < 4.78 is 36.4. The number of nitrogens with zero attached hydrogens (tertiary/aromatic N) is 1. The first-order chi connectivity index (χ1) is 14.8. The van der Waals surface area contributed by atoms with Gasteiger partial charge in [0.15, 0.2) is 5.75 Å². The number of nitriles is 1. The number of rotatable bonds is 7. The minimum atomic E-state index is -4.11. The minimum Gasteiger partial charge on any atom is -0.490 e. The molecule has 0 unspecified atom stereocenters. The molecule has 0 atom stereocenters. The molecule has 0 aliphatic heterocycles. The highest BCUT2D eigenvalue weighted by molar-refractivity contribution is 7.87. The summed E-state index contributed by atoms with van der Waals surface area (Å²) in [7, 11) is -4.11. The van der Waals surface area contributed by atoms with Gasteiger partial charge in [0.25, 0.3) is 0 Å². The quantitative estimate of drug-likeness (QED) is 0.253. The molecule has 0 saturated heterocycles. The maximum Gasteiger partial charge on any atom is 0.339 e. The number of allylic oxidation sites excluding steroid dienone is 1. The van der Waals surface area contributed by atoms with Crippen LogP contribution in [0.1, 0.15) is 23.6 Å². The van der Waals surface area contributed by atoms with Crippen LogP contribution in [0.2, 0.25) is 5.02 Å². The van der Waals surface area contributed by atoms with E-state index in [4.69, 9.17) is 20.5 Å². The van der Waals surface area contributed by atoms with Gasteiger partial charge in [0.05, 0.1) is 23.3 Å². The standard InChI is InChI=1S/C24H20ClNO4S/c1-3-29-23-15-18(13-20(16-26)19-7-5-4-6-8-19)14-22(25)24(23)30-31(27,28)21-11-9-17(2)10-12-21/h4-15H,3H2,1-2H3/b20-13+. The Labute approximate surface area is 187 Å². The van der Waals surface area contributed by atoms with Gasteiger partial charge in [0.1, 0.15) is 4.90 Å². The van der Waals surface area contributed by atoms with Gasteiger partial charge < -0.3 is 8.92 Å². The van der Waals surface area contributed by atoms with Crippen LogP contribution >= 0.6 is 11.6 Å². The van der Waals surface area contributed by atoms with Crippen LogP contribution in [0.4, 0.5) is 0 Å². The summed E-state index contributed by atoms with van der Waals surface area (Å²) >= 11 is 6.38. The van der Waals surface area contributed by atoms with E-state index in [9.17, 15) is 13.7 Å². The molecular weight excluding hydrogens is 434 g/mol. The molecule has 0 bridgehead atoms. The zero-order valence-corrected chi connectivity index (χ0v) is 18.6. The molecule has 3 aromatic carbocycles. The summed E-state index contributed by atoms with van der Waals surface area (Å²) in [5.41, 5.74) is 2.69. The molecule has 158 valence electrons. The normalized spacial score (nSPS) is 11.6. The Kier molecular flexibility index (Phi) is 7.01. The van der Waals surface area contributed by atoms with E-state index in [0.29, 0.717) is 11.1 Å². The number of benzene rings is 3. The number of hydrogen-bond acceptors (Lipinski definition) is 5. The molecule has 0 saturated carbocycles. The van der Waals surface area contributed by atoms with Gasteiger partial charge in [0, 0.05) is 0 Å². The Morgan fingerprint density at radius 2 is 1.77 bits per heavy atom. The molecule has 0 heterocycles. The Morgan fingerprint density at radius 1 is 1.10 bits per heavy atom. The van der Waals surface area contributed by atoms with Gasteiger partial charge >= 0.3 is 10.1 Å². The second-order valence-electron chi connectivity index (χ2n) is 6.65. The molecule has 5 nitrogen and oxygen atoms in total. The molecule has 0 amide bonds. The van der Waals surface area contributed by atoms with Crippen LogP contribution in [0.3, 0.4) is 0 Å². The maximum absolute atomic E-state index is 12.7. The molecular formula is C24H20ClNO4S. The third kappa shape index (κ3) is 5.46. The summed E-state index contributed by atoms with van der Waals surface area (Å²) in [6.07, 6.45) is 1.65.